The van der Waals surface area contributed by atoms with Crippen molar-refractivity contribution in [2.75, 3.05) is 26.7 Å². The zero-order valence-electron chi connectivity index (χ0n) is 10.8. The first kappa shape index (κ1) is 12.6. The normalized spacial score (nSPS) is 28.2. The topological polar surface area (TPSA) is 45.6 Å². The molecule has 0 saturated carbocycles. The van der Waals surface area contributed by atoms with Gasteiger partial charge in [-0.3, -0.25) is 4.90 Å². The Morgan fingerprint density at radius 3 is 3.00 bits per heavy atom. The van der Waals surface area contributed by atoms with Crippen LogP contribution in [-0.2, 0) is 6.54 Å². The van der Waals surface area contributed by atoms with Crippen LogP contribution >= 0.6 is 0 Å². The maximum absolute atomic E-state index is 5.85. The monoisotopic (exact) mass is 237 g/mol. The molecule has 2 heterocycles. The Morgan fingerprint density at radius 2 is 2.35 bits per heavy atom. The lowest BCUT2D eigenvalue weighted by Crippen LogP contribution is -2.44. The third-order valence-electron chi connectivity index (χ3n) is 3.80. The highest BCUT2D eigenvalue weighted by Gasteiger charge is 2.26. The number of nitrogens with zero attached hydrogens (tertiary/aromatic N) is 2. The summed E-state index contributed by atoms with van der Waals surface area (Å²) < 4.78 is 5.43. The summed E-state index contributed by atoms with van der Waals surface area (Å²) in [6.45, 7) is 6.04. The van der Waals surface area contributed by atoms with Crippen molar-refractivity contribution < 1.29 is 4.42 Å². The van der Waals surface area contributed by atoms with Gasteiger partial charge in [0.05, 0.1) is 12.8 Å². The van der Waals surface area contributed by atoms with Gasteiger partial charge >= 0.3 is 0 Å². The van der Waals surface area contributed by atoms with Crippen molar-refractivity contribution in [2.45, 2.75) is 32.0 Å². The Balaban J connectivity index is 2.03. The average molecular weight is 237 g/mol. The minimum Gasteiger partial charge on any atom is -0.468 e. The summed E-state index contributed by atoms with van der Waals surface area (Å²) >= 11 is 0. The highest BCUT2D eigenvalue weighted by atomic mass is 16.3. The first-order valence-corrected chi connectivity index (χ1v) is 6.37. The Kier molecular flexibility index (Phi) is 4.20. The molecule has 0 radical (unpaired) electrons. The largest absolute Gasteiger partial charge is 0.468 e. The summed E-state index contributed by atoms with van der Waals surface area (Å²) in [4.78, 5) is 4.85. The first-order valence-electron chi connectivity index (χ1n) is 6.37. The van der Waals surface area contributed by atoms with Crippen LogP contribution in [0, 0.1) is 0 Å². The first-order chi connectivity index (χ1) is 8.20. The van der Waals surface area contributed by atoms with Crippen LogP contribution in [0.3, 0.4) is 0 Å². The molecule has 2 N–H and O–H groups in total. The van der Waals surface area contributed by atoms with Gasteiger partial charge in [0.25, 0.3) is 0 Å². The predicted octanol–water partition coefficient (Wildman–Crippen LogP) is 1.13. The zero-order valence-corrected chi connectivity index (χ0v) is 10.8. The third-order valence-corrected chi connectivity index (χ3v) is 3.80. The maximum atomic E-state index is 5.85. The third kappa shape index (κ3) is 3.09. The second-order valence-corrected chi connectivity index (χ2v) is 5.02. The van der Waals surface area contributed by atoms with Gasteiger partial charge in [0.15, 0.2) is 0 Å². The molecule has 1 saturated heterocycles. The van der Waals surface area contributed by atoms with E-state index in [1.165, 1.54) is 6.42 Å². The van der Waals surface area contributed by atoms with Crippen LogP contribution in [0.15, 0.2) is 22.8 Å². The number of furan rings is 1. The van der Waals surface area contributed by atoms with Crippen LogP contribution in [0.1, 0.15) is 19.1 Å². The summed E-state index contributed by atoms with van der Waals surface area (Å²) in [7, 11) is 2.17. The maximum Gasteiger partial charge on any atom is 0.117 e. The van der Waals surface area contributed by atoms with Gasteiger partial charge in [-0.05, 0) is 39.1 Å². The molecule has 2 rings (SSSR count). The molecule has 0 spiro atoms. The molecule has 0 aromatic carbocycles. The van der Waals surface area contributed by atoms with Gasteiger partial charge in [-0.2, -0.15) is 0 Å². The van der Waals surface area contributed by atoms with Gasteiger partial charge in [0.1, 0.15) is 5.76 Å². The standard InChI is InChI=1S/C13H23N3O/c1-11-5-6-15(2)12(8-14)9-16(11)10-13-4-3-7-17-13/h3-4,7,11-12H,5-6,8-10,14H2,1-2H3. The fraction of sp³-hybridized carbons (Fsp3) is 0.692. The molecule has 96 valence electrons. The van der Waals surface area contributed by atoms with Crippen molar-refractivity contribution in [1.82, 2.24) is 9.80 Å². The number of hydrogen-bond acceptors (Lipinski definition) is 4. The fourth-order valence-corrected chi connectivity index (χ4v) is 2.42. The molecule has 2 atom stereocenters. The van der Waals surface area contributed by atoms with Crippen LogP contribution in [0.25, 0.3) is 0 Å². The lowest BCUT2D eigenvalue weighted by molar-refractivity contribution is 0.165. The van der Waals surface area contributed by atoms with Gasteiger partial charge < -0.3 is 15.1 Å². The minimum absolute atomic E-state index is 0.454. The van der Waals surface area contributed by atoms with Crippen molar-refractivity contribution in [1.29, 1.82) is 0 Å². The Morgan fingerprint density at radius 1 is 1.53 bits per heavy atom. The molecular formula is C13H23N3O. The summed E-state index contributed by atoms with van der Waals surface area (Å²) in [6, 6.07) is 5.03. The van der Waals surface area contributed by atoms with Gasteiger partial charge in [-0.1, -0.05) is 0 Å². The average Bonchev–Trinajstić information content (AvgIpc) is 2.79. The number of likely N-dealkylation sites (N-methyl/N-ethyl adjacent to an activating group) is 1. The molecule has 4 heteroatoms. The van der Waals surface area contributed by atoms with E-state index >= 15 is 0 Å². The van der Waals surface area contributed by atoms with Crippen molar-refractivity contribution in [2.24, 2.45) is 5.73 Å². The molecule has 0 bridgehead atoms. The molecule has 0 aliphatic carbocycles. The number of hydrogen-bond donors (Lipinski definition) is 1. The van der Waals surface area contributed by atoms with Crippen molar-refractivity contribution in [3.8, 4) is 0 Å². The van der Waals surface area contributed by atoms with Crippen LogP contribution in [0.4, 0.5) is 0 Å². The van der Waals surface area contributed by atoms with E-state index in [4.69, 9.17) is 10.2 Å². The highest BCUT2D eigenvalue weighted by molar-refractivity contribution is 4.99. The quantitative estimate of drug-likeness (QED) is 0.856. The van der Waals surface area contributed by atoms with Crippen LogP contribution in [0.5, 0.6) is 0 Å². The van der Waals surface area contributed by atoms with Crippen molar-refractivity contribution in [3.63, 3.8) is 0 Å². The summed E-state index contributed by atoms with van der Waals surface area (Å²) in [6.07, 6.45) is 2.93. The minimum atomic E-state index is 0.454. The van der Waals surface area contributed by atoms with E-state index in [2.05, 4.69) is 23.8 Å². The number of rotatable bonds is 3. The molecule has 1 fully saturated rings. The fourth-order valence-electron chi connectivity index (χ4n) is 2.42. The van der Waals surface area contributed by atoms with E-state index in [0.29, 0.717) is 12.1 Å². The lowest BCUT2D eigenvalue weighted by Gasteiger charge is -2.29. The Labute approximate surface area is 103 Å². The zero-order chi connectivity index (χ0) is 12.3. The van der Waals surface area contributed by atoms with Gasteiger partial charge in [0, 0.05) is 25.2 Å². The highest BCUT2D eigenvalue weighted by Crippen LogP contribution is 2.17. The Hall–Kier alpha value is -0.840. The smallest absolute Gasteiger partial charge is 0.117 e. The van der Waals surface area contributed by atoms with Crippen molar-refractivity contribution in [3.05, 3.63) is 24.2 Å². The predicted molar refractivity (Wildman–Crippen MR) is 68.7 cm³/mol. The molecule has 1 aliphatic heterocycles. The molecule has 1 aromatic rings. The van der Waals surface area contributed by atoms with Gasteiger partial charge in [-0.25, -0.2) is 0 Å². The van der Waals surface area contributed by atoms with Crippen LogP contribution in [0.2, 0.25) is 0 Å². The SMILES string of the molecule is CC1CCN(C)C(CN)CN1Cc1ccco1. The summed E-state index contributed by atoms with van der Waals surface area (Å²) in [5.74, 6) is 1.04. The Bertz CT molecular complexity index is 325. The van der Waals surface area contributed by atoms with E-state index < -0.39 is 0 Å². The number of nitrogens with two attached hydrogens (primary N) is 1. The van der Waals surface area contributed by atoms with Gasteiger partial charge in [0.2, 0.25) is 0 Å². The van der Waals surface area contributed by atoms with Crippen LogP contribution in [-0.4, -0.2) is 48.6 Å². The molecule has 0 amide bonds. The molecule has 1 aliphatic rings. The van der Waals surface area contributed by atoms with E-state index in [9.17, 15) is 0 Å². The lowest BCUT2D eigenvalue weighted by atomic mass is 10.2. The van der Waals surface area contributed by atoms with E-state index in [-0.39, 0.29) is 0 Å². The van der Waals surface area contributed by atoms with E-state index in [0.717, 1.165) is 31.9 Å². The summed E-state index contributed by atoms with van der Waals surface area (Å²) in [5, 5.41) is 0. The van der Waals surface area contributed by atoms with E-state index in [1.54, 1.807) is 6.26 Å². The second kappa shape index (κ2) is 5.67. The second-order valence-electron chi connectivity index (χ2n) is 5.02. The molecule has 2 unspecified atom stereocenters. The molecule has 17 heavy (non-hydrogen) atoms. The molecular weight excluding hydrogens is 214 g/mol. The van der Waals surface area contributed by atoms with Crippen LogP contribution < -0.4 is 5.73 Å². The van der Waals surface area contributed by atoms with Crippen molar-refractivity contribution >= 4 is 0 Å². The summed E-state index contributed by atoms with van der Waals surface area (Å²) in [5.41, 5.74) is 5.85. The van der Waals surface area contributed by atoms with Gasteiger partial charge in [-0.15, -0.1) is 0 Å². The van der Waals surface area contributed by atoms with E-state index in [1.807, 2.05) is 12.1 Å². The molecule has 1 aromatic heterocycles. The molecule has 4 nitrogen and oxygen atoms in total.